The van der Waals surface area contributed by atoms with Crippen LogP contribution in [0.1, 0.15) is 31.4 Å². The van der Waals surface area contributed by atoms with Gasteiger partial charge in [0.25, 0.3) is 0 Å². The fraction of sp³-hybridized carbons (Fsp3) is 0.529. The van der Waals surface area contributed by atoms with Crippen LogP contribution in [0.15, 0.2) is 18.2 Å². The van der Waals surface area contributed by atoms with Crippen molar-refractivity contribution in [1.82, 2.24) is 0 Å². The summed E-state index contributed by atoms with van der Waals surface area (Å²) in [6, 6.07) is 6.13. The second kappa shape index (κ2) is 4.58. The minimum Gasteiger partial charge on any atom is -0.481 e. The fourth-order valence-electron chi connectivity index (χ4n) is 3.68. The highest BCUT2D eigenvalue weighted by atomic mass is 16.4. The first-order valence-corrected chi connectivity index (χ1v) is 7.47. The Bertz CT molecular complexity index is 620. The third-order valence-electron chi connectivity index (χ3n) is 4.98. The number of hydrogen-bond donors (Lipinski definition) is 1. The van der Waals surface area contributed by atoms with E-state index in [0.29, 0.717) is 6.54 Å². The third kappa shape index (κ3) is 2.13. The van der Waals surface area contributed by atoms with Crippen molar-refractivity contribution in [2.45, 2.75) is 33.6 Å². The first kappa shape index (κ1) is 14.1. The lowest BCUT2D eigenvalue weighted by atomic mass is 9.98. The maximum atomic E-state index is 12.8. The van der Waals surface area contributed by atoms with Crippen LogP contribution in [0.3, 0.4) is 0 Å². The van der Waals surface area contributed by atoms with Crippen molar-refractivity contribution in [1.29, 1.82) is 0 Å². The molecule has 4 nitrogen and oxygen atoms in total. The highest BCUT2D eigenvalue weighted by molar-refractivity contribution is 6.02. The van der Waals surface area contributed by atoms with Gasteiger partial charge in [0.05, 0.1) is 11.8 Å². The van der Waals surface area contributed by atoms with Crippen LogP contribution in [0.25, 0.3) is 0 Å². The largest absolute Gasteiger partial charge is 0.481 e. The van der Waals surface area contributed by atoms with Crippen molar-refractivity contribution in [3.63, 3.8) is 0 Å². The van der Waals surface area contributed by atoms with E-state index in [1.165, 1.54) is 11.1 Å². The van der Waals surface area contributed by atoms with Crippen LogP contribution in [0.4, 0.5) is 5.69 Å². The minimum atomic E-state index is -0.862. The van der Waals surface area contributed by atoms with E-state index >= 15 is 0 Å². The molecule has 0 spiro atoms. The van der Waals surface area contributed by atoms with Crippen LogP contribution in [0.5, 0.6) is 0 Å². The topological polar surface area (TPSA) is 57.6 Å². The number of aliphatic carboxylic acids is 1. The standard InChI is InChI=1S/C17H21NO3/c1-10-6-7-12-11(9-10)5-4-8-18(12)15(19)13-14(16(20)21)17(13,2)3/h6-7,9,13-14H,4-5,8H2,1-3H3,(H,20,21). The summed E-state index contributed by atoms with van der Waals surface area (Å²) in [4.78, 5) is 25.9. The molecule has 1 aromatic carbocycles. The second-order valence-corrected chi connectivity index (χ2v) is 6.84. The van der Waals surface area contributed by atoms with Crippen molar-refractivity contribution in [2.75, 3.05) is 11.4 Å². The number of nitrogens with zero attached hydrogens (tertiary/aromatic N) is 1. The molecule has 1 saturated carbocycles. The number of anilines is 1. The highest BCUT2D eigenvalue weighted by Gasteiger charge is 2.66. The lowest BCUT2D eigenvalue weighted by Gasteiger charge is -2.30. The van der Waals surface area contributed by atoms with E-state index in [-0.39, 0.29) is 5.91 Å². The fourth-order valence-corrected chi connectivity index (χ4v) is 3.68. The summed E-state index contributed by atoms with van der Waals surface area (Å²) in [7, 11) is 0. The van der Waals surface area contributed by atoms with Crippen LogP contribution < -0.4 is 4.90 Å². The number of amides is 1. The maximum absolute atomic E-state index is 12.8. The molecule has 0 bridgehead atoms. The average Bonchev–Trinajstić information content (AvgIpc) is 3.00. The Hall–Kier alpha value is -1.84. The average molecular weight is 287 g/mol. The molecule has 21 heavy (non-hydrogen) atoms. The molecule has 1 amide bonds. The SMILES string of the molecule is Cc1ccc2c(c1)CCCN2C(=O)C1C(C(=O)O)C1(C)C. The molecule has 1 fully saturated rings. The molecule has 1 N–H and O–H groups in total. The number of rotatable bonds is 2. The quantitative estimate of drug-likeness (QED) is 0.909. The van der Waals surface area contributed by atoms with E-state index in [1.54, 1.807) is 4.90 Å². The summed E-state index contributed by atoms with van der Waals surface area (Å²) in [6.45, 7) is 6.47. The molecule has 1 aliphatic heterocycles. The number of aryl methyl sites for hydroxylation is 2. The van der Waals surface area contributed by atoms with Crippen LogP contribution >= 0.6 is 0 Å². The number of carbonyl (C=O) groups excluding carboxylic acids is 1. The van der Waals surface area contributed by atoms with Crippen molar-refractivity contribution >= 4 is 17.6 Å². The number of benzene rings is 1. The van der Waals surface area contributed by atoms with Gasteiger partial charge in [0.1, 0.15) is 0 Å². The Labute approximate surface area is 124 Å². The van der Waals surface area contributed by atoms with Crippen molar-refractivity contribution in [2.24, 2.45) is 17.3 Å². The van der Waals surface area contributed by atoms with Gasteiger partial charge in [0.2, 0.25) is 5.91 Å². The third-order valence-corrected chi connectivity index (χ3v) is 4.98. The van der Waals surface area contributed by atoms with Crippen LogP contribution in [0.2, 0.25) is 0 Å². The summed E-state index contributed by atoms with van der Waals surface area (Å²) in [6.07, 6.45) is 1.92. The van der Waals surface area contributed by atoms with Crippen LogP contribution in [-0.2, 0) is 16.0 Å². The van der Waals surface area contributed by atoms with Gasteiger partial charge in [-0.05, 0) is 36.8 Å². The Morgan fingerprint density at radius 2 is 2.00 bits per heavy atom. The zero-order chi connectivity index (χ0) is 15.4. The first-order valence-electron chi connectivity index (χ1n) is 7.47. The van der Waals surface area contributed by atoms with Gasteiger partial charge in [-0.3, -0.25) is 9.59 Å². The Balaban J connectivity index is 1.90. The monoisotopic (exact) mass is 287 g/mol. The van der Waals surface area contributed by atoms with E-state index in [2.05, 4.69) is 6.07 Å². The van der Waals surface area contributed by atoms with Gasteiger partial charge in [-0.15, -0.1) is 0 Å². The summed E-state index contributed by atoms with van der Waals surface area (Å²) < 4.78 is 0. The predicted molar refractivity (Wildman–Crippen MR) is 80.2 cm³/mol. The Morgan fingerprint density at radius 3 is 2.62 bits per heavy atom. The molecule has 4 heteroatoms. The van der Waals surface area contributed by atoms with Gasteiger partial charge in [-0.1, -0.05) is 31.5 Å². The van der Waals surface area contributed by atoms with Crippen molar-refractivity contribution in [3.05, 3.63) is 29.3 Å². The lowest BCUT2D eigenvalue weighted by Crippen LogP contribution is -2.37. The molecule has 0 saturated heterocycles. The summed E-state index contributed by atoms with van der Waals surface area (Å²) in [5.74, 6) is -1.85. The minimum absolute atomic E-state index is 0.0304. The maximum Gasteiger partial charge on any atom is 0.307 e. The molecule has 0 aromatic heterocycles. The lowest BCUT2D eigenvalue weighted by molar-refractivity contribution is -0.140. The van der Waals surface area contributed by atoms with E-state index in [1.807, 2.05) is 32.9 Å². The zero-order valence-corrected chi connectivity index (χ0v) is 12.7. The molecule has 3 rings (SSSR count). The van der Waals surface area contributed by atoms with Gasteiger partial charge < -0.3 is 10.0 Å². The van der Waals surface area contributed by atoms with E-state index in [0.717, 1.165) is 18.5 Å². The van der Waals surface area contributed by atoms with Gasteiger partial charge in [0, 0.05) is 12.2 Å². The second-order valence-electron chi connectivity index (χ2n) is 6.84. The number of carboxylic acids is 1. The molecule has 2 atom stereocenters. The van der Waals surface area contributed by atoms with Gasteiger partial charge in [-0.2, -0.15) is 0 Å². The normalized spacial score (nSPS) is 26.1. The number of hydrogen-bond acceptors (Lipinski definition) is 2. The molecule has 1 heterocycles. The first-order chi connectivity index (χ1) is 9.84. The van der Waals surface area contributed by atoms with Crippen LogP contribution in [-0.4, -0.2) is 23.5 Å². The van der Waals surface area contributed by atoms with E-state index < -0.39 is 23.2 Å². The summed E-state index contributed by atoms with van der Waals surface area (Å²) in [5, 5.41) is 9.27. The Morgan fingerprint density at radius 1 is 1.29 bits per heavy atom. The van der Waals surface area contributed by atoms with Gasteiger partial charge >= 0.3 is 5.97 Å². The van der Waals surface area contributed by atoms with E-state index in [9.17, 15) is 14.7 Å². The highest BCUT2D eigenvalue weighted by Crippen LogP contribution is 2.59. The smallest absolute Gasteiger partial charge is 0.307 e. The van der Waals surface area contributed by atoms with Crippen molar-refractivity contribution < 1.29 is 14.7 Å². The predicted octanol–water partition coefficient (Wildman–Crippen LogP) is 2.63. The number of carboxylic acid groups (broad SMARTS) is 1. The van der Waals surface area contributed by atoms with Gasteiger partial charge in [0.15, 0.2) is 0 Å². The van der Waals surface area contributed by atoms with Crippen LogP contribution in [0, 0.1) is 24.2 Å². The molecule has 2 aliphatic rings. The molecule has 1 aromatic rings. The summed E-state index contributed by atoms with van der Waals surface area (Å²) >= 11 is 0. The van der Waals surface area contributed by atoms with Gasteiger partial charge in [-0.25, -0.2) is 0 Å². The molecular formula is C17H21NO3. The number of fused-ring (bicyclic) bond motifs is 1. The zero-order valence-electron chi connectivity index (χ0n) is 12.7. The Kier molecular flexibility index (Phi) is 3.08. The van der Waals surface area contributed by atoms with Crippen molar-refractivity contribution in [3.8, 4) is 0 Å². The molecule has 112 valence electrons. The molecule has 0 radical (unpaired) electrons. The number of carbonyl (C=O) groups is 2. The van der Waals surface area contributed by atoms with E-state index in [4.69, 9.17) is 0 Å². The molecular weight excluding hydrogens is 266 g/mol. The molecule has 2 unspecified atom stereocenters. The molecule has 1 aliphatic carbocycles. The summed E-state index contributed by atoms with van der Waals surface area (Å²) in [5.41, 5.74) is 2.91.